The molecule has 23 heavy (non-hydrogen) atoms. The average molecular weight is 321 g/mol. The predicted octanol–water partition coefficient (Wildman–Crippen LogP) is 7.37. The Morgan fingerprint density at radius 2 is 1.26 bits per heavy atom. The lowest BCUT2D eigenvalue weighted by Crippen LogP contribution is -1.88. The second-order valence-electron chi connectivity index (χ2n) is 7.01. The van der Waals surface area contributed by atoms with Gasteiger partial charge in [-0.3, -0.25) is 0 Å². The van der Waals surface area contributed by atoms with Crippen LogP contribution in [0.2, 0.25) is 0 Å². The van der Waals surface area contributed by atoms with E-state index in [4.69, 9.17) is 4.74 Å². The molecular weight excluding hydrogens is 280 g/mol. The summed E-state index contributed by atoms with van der Waals surface area (Å²) < 4.78 is 5.52. The summed E-state index contributed by atoms with van der Waals surface area (Å²) in [4.78, 5) is 0. The molecule has 0 aromatic carbocycles. The highest BCUT2D eigenvalue weighted by molar-refractivity contribution is 4.97. The maximum atomic E-state index is 5.52. The summed E-state index contributed by atoms with van der Waals surface area (Å²) in [6, 6.07) is 0. The second-order valence-corrected chi connectivity index (χ2v) is 7.01. The van der Waals surface area contributed by atoms with Crippen LogP contribution in [0.1, 0.15) is 104 Å². The number of allylic oxidation sites excluding steroid dienone is 3. The minimum absolute atomic E-state index is 0.520. The first-order valence-electron chi connectivity index (χ1n) is 10.3. The predicted molar refractivity (Wildman–Crippen MR) is 103 cm³/mol. The normalized spacial score (nSPS) is 20.8. The number of hydrogen-bond acceptors (Lipinski definition) is 1. The van der Waals surface area contributed by atoms with Gasteiger partial charge in [0.25, 0.3) is 0 Å². The number of rotatable bonds is 16. The molecule has 0 aromatic heterocycles. The van der Waals surface area contributed by atoms with Gasteiger partial charge in [0.05, 0.1) is 12.2 Å². The minimum atomic E-state index is 0.520. The van der Waals surface area contributed by atoms with E-state index in [0.717, 1.165) is 19.3 Å². The van der Waals surface area contributed by atoms with Crippen molar-refractivity contribution in [3.63, 3.8) is 0 Å². The van der Waals surface area contributed by atoms with Crippen molar-refractivity contribution in [3.8, 4) is 0 Å². The molecule has 1 aliphatic heterocycles. The summed E-state index contributed by atoms with van der Waals surface area (Å²) in [6.45, 7) is 4.49. The quantitative estimate of drug-likeness (QED) is 0.164. The van der Waals surface area contributed by atoms with Gasteiger partial charge in [-0.2, -0.15) is 0 Å². The van der Waals surface area contributed by atoms with Crippen LogP contribution >= 0.6 is 0 Å². The summed E-state index contributed by atoms with van der Waals surface area (Å²) in [7, 11) is 0. The first kappa shape index (κ1) is 20.5. The molecule has 0 aromatic rings. The van der Waals surface area contributed by atoms with E-state index in [-0.39, 0.29) is 0 Å². The van der Waals surface area contributed by atoms with E-state index in [1.807, 2.05) is 0 Å². The fourth-order valence-corrected chi connectivity index (χ4v) is 3.11. The average Bonchev–Trinajstić information content (AvgIpc) is 3.33. The zero-order valence-corrected chi connectivity index (χ0v) is 15.8. The maximum absolute atomic E-state index is 5.52. The summed E-state index contributed by atoms with van der Waals surface area (Å²) in [5.41, 5.74) is 0. The monoisotopic (exact) mass is 320 g/mol. The largest absolute Gasteiger partial charge is 0.369 e. The SMILES string of the molecule is CCCCCCCCCCCC/C=C\C/C=C\CC1OC1CC. The smallest absolute Gasteiger partial charge is 0.0876 e. The summed E-state index contributed by atoms with van der Waals surface area (Å²) in [6.07, 6.45) is 29.2. The van der Waals surface area contributed by atoms with Crippen LogP contribution in [0.5, 0.6) is 0 Å². The van der Waals surface area contributed by atoms with E-state index in [1.165, 1.54) is 70.6 Å². The molecule has 1 rings (SSSR count). The first-order chi connectivity index (χ1) is 11.4. The van der Waals surface area contributed by atoms with E-state index in [0.29, 0.717) is 12.2 Å². The van der Waals surface area contributed by atoms with Gasteiger partial charge in [-0.1, -0.05) is 95.9 Å². The molecule has 1 heteroatoms. The van der Waals surface area contributed by atoms with Crippen molar-refractivity contribution >= 4 is 0 Å². The van der Waals surface area contributed by atoms with Crippen molar-refractivity contribution in [3.05, 3.63) is 24.3 Å². The molecular formula is C22H40O. The number of hydrogen-bond donors (Lipinski definition) is 0. The van der Waals surface area contributed by atoms with Gasteiger partial charge in [0, 0.05) is 0 Å². The summed E-state index contributed by atoms with van der Waals surface area (Å²) >= 11 is 0. The van der Waals surface area contributed by atoms with Gasteiger partial charge >= 0.3 is 0 Å². The van der Waals surface area contributed by atoms with Crippen molar-refractivity contribution in [1.82, 2.24) is 0 Å². The van der Waals surface area contributed by atoms with Crippen LogP contribution in [0.3, 0.4) is 0 Å². The zero-order chi connectivity index (χ0) is 16.6. The van der Waals surface area contributed by atoms with Crippen molar-refractivity contribution in [2.75, 3.05) is 0 Å². The Morgan fingerprint density at radius 1 is 0.652 bits per heavy atom. The Balaban J connectivity index is 1.74. The van der Waals surface area contributed by atoms with Gasteiger partial charge in [-0.25, -0.2) is 0 Å². The van der Waals surface area contributed by atoms with Crippen molar-refractivity contribution in [1.29, 1.82) is 0 Å². The molecule has 1 fully saturated rings. The van der Waals surface area contributed by atoms with Crippen molar-refractivity contribution < 1.29 is 4.74 Å². The minimum Gasteiger partial charge on any atom is -0.369 e. The molecule has 0 amide bonds. The summed E-state index contributed by atoms with van der Waals surface area (Å²) in [5, 5.41) is 0. The van der Waals surface area contributed by atoms with E-state index >= 15 is 0 Å². The van der Waals surface area contributed by atoms with Crippen LogP contribution in [0.4, 0.5) is 0 Å². The van der Waals surface area contributed by atoms with Crippen LogP contribution in [-0.2, 0) is 4.74 Å². The molecule has 1 saturated heterocycles. The standard InChI is InChI=1S/C22H40O/c1-3-5-6-7-8-9-10-11-12-13-14-15-16-17-18-19-20-22-21(4-2)23-22/h15-16,18-19,21-22H,3-14,17,20H2,1-2H3/b16-15-,19-18-. The van der Waals surface area contributed by atoms with E-state index in [9.17, 15) is 0 Å². The van der Waals surface area contributed by atoms with Crippen molar-refractivity contribution in [2.45, 2.75) is 116 Å². The van der Waals surface area contributed by atoms with Gasteiger partial charge in [-0.05, 0) is 32.1 Å². The molecule has 134 valence electrons. The van der Waals surface area contributed by atoms with Crippen LogP contribution < -0.4 is 0 Å². The lowest BCUT2D eigenvalue weighted by molar-refractivity contribution is 0.367. The van der Waals surface area contributed by atoms with Gasteiger partial charge in [-0.15, -0.1) is 0 Å². The van der Waals surface area contributed by atoms with E-state index in [1.54, 1.807) is 0 Å². The molecule has 0 bridgehead atoms. The first-order valence-corrected chi connectivity index (χ1v) is 10.3. The maximum Gasteiger partial charge on any atom is 0.0876 e. The van der Waals surface area contributed by atoms with E-state index in [2.05, 4.69) is 38.2 Å². The lowest BCUT2D eigenvalue weighted by atomic mass is 10.1. The fraction of sp³-hybridized carbons (Fsp3) is 0.818. The van der Waals surface area contributed by atoms with Crippen LogP contribution in [0, 0.1) is 0 Å². The highest BCUT2D eigenvalue weighted by atomic mass is 16.6. The third-order valence-corrected chi connectivity index (χ3v) is 4.79. The second kappa shape index (κ2) is 15.0. The number of epoxide rings is 1. The highest BCUT2D eigenvalue weighted by Crippen LogP contribution is 2.28. The van der Waals surface area contributed by atoms with Gasteiger partial charge in [0.2, 0.25) is 0 Å². The molecule has 1 aliphatic rings. The Morgan fingerprint density at radius 3 is 1.87 bits per heavy atom. The third kappa shape index (κ3) is 12.5. The van der Waals surface area contributed by atoms with Gasteiger partial charge < -0.3 is 4.74 Å². The fourth-order valence-electron chi connectivity index (χ4n) is 3.11. The molecule has 0 spiro atoms. The van der Waals surface area contributed by atoms with Gasteiger partial charge in [0.1, 0.15) is 0 Å². The van der Waals surface area contributed by atoms with Crippen molar-refractivity contribution in [2.24, 2.45) is 0 Å². The van der Waals surface area contributed by atoms with Crippen LogP contribution in [0.25, 0.3) is 0 Å². The van der Waals surface area contributed by atoms with E-state index < -0.39 is 0 Å². The third-order valence-electron chi connectivity index (χ3n) is 4.79. The molecule has 0 radical (unpaired) electrons. The molecule has 0 aliphatic carbocycles. The molecule has 0 saturated carbocycles. The topological polar surface area (TPSA) is 12.5 Å². The Labute approximate surface area is 145 Å². The lowest BCUT2D eigenvalue weighted by Gasteiger charge is -2.01. The van der Waals surface area contributed by atoms with Crippen LogP contribution in [0.15, 0.2) is 24.3 Å². The summed E-state index contributed by atoms with van der Waals surface area (Å²) in [5.74, 6) is 0. The zero-order valence-electron chi connectivity index (χ0n) is 15.8. The number of unbranched alkanes of at least 4 members (excludes halogenated alkanes) is 10. The van der Waals surface area contributed by atoms with Gasteiger partial charge in [0.15, 0.2) is 0 Å². The molecule has 0 N–H and O–H groups in total. The number of ether oxygens (including phenoxy) is 1. The van der Waals surface area contributed by atoms with Crippen LogP contribution in [-0.4, -0.2) is 12.2 Å². The molecule has 1 heterocycles. The molecule has 2 atom stereocenters. The Kier molecular flexibility index (Phi) is 13.4. The molecule has 2 unspecified atom stereocenters. The Hall–Kier alpha value is -0.560. The highest BCUT2D eigenvalue weighted by Gasteiger charge is 2.35. The Bertz CT molecular complexity index is 305. The molecule has 1 nitrogen and oxygen atoms in total.